The van der Waals surface area contributed by atoms with Crippen molar-refractivity contribution in [1.29, 1.82) is 0 Å². The Labute approximate surface area is 344 Å². The normalized spacial score (nSPS) is 20.7. The Balaban J connectivity index is 0.880. The number of hydrogen-bond acceptors (Lipinski definition) is 9. The van der Waals surface area contributed by atoms with Crippen LogP contribution in [0.5, 0.6) is 5.75 Å². The Hall–Kier alpha value is -5.71. The highest BCUT2D eigenvalue weighted by atomic mass is 19.4. The van der Waals surface area contributed by atoms with Crippen molar-refractivity contribution >= 4 is 51.0 Å². The summed E-state index contributed by atoms with van der Waals surface area (Å²) in [7, 11) is 3.96. The molecule has 14 nitrogen and oxygen atoms in total. The Morgan fingerprint density at radius 3 is 2.43 bits per heavy atom. The van der Waals surface area contributed by atoms with Crippen molar-refractivity contribution < 1.29 is 32.3 Å². The number of imide groups is 1. The van der Waals surface area contributed by atoms with Crippen LogP contribution in [0.4, 0.5) is 24.5 Å². The lowest BCUT2D eigenvalue weighted by Crippen LogP contribution is -2.45. The van der Waals surface area contributed by atoms with E-state index >= 15 is 0 Å². The van der Waals surface area contributed by atoms with E-state index in [2.05, 4.69) is 32.5 Å². The molecule has 2 saturated heterocycles. The zero-order valence-electron chi connectivity index (χ0n) is 34.2. The lowest BCUT2D eigenvalue weighted by molar-refractivity contribution is -0.141. The van der Waals surface area contributed by atoms with E-state index in [-0.39, 0.29) is 35.9 Å². The van der Waals surface area contributed by atoms with E-state index in [0.717, 1.165) is 86.9 Å². The molecule has 0 bridgehead atoms. The number of nitrogens with zero attached hydrogens (tertiary/aromatic N) is 7. The summed E-state index contributed by atoms with van der Waals surface area (Å²) in [6.07, 6.45) is 3.53. The van der Waals surface area contributed by atoms with Crippen LogP contribution in [0.3, 0.4) is 0 Å². The molecule has 3 aromatic heterocycles. The Bertz CT molecular complexity index is 2490. The van der Waals surface area contributed by atoms with Crippen LogP contribution in [-0.2, 0) is 22.8 Å². The molecule has 8 rings (SSSR count). The summed E-state index contributed by atoms with van der Waals surface area (Å²) in [5.41, 5.74) is 1.72. The minimum Gasteiger partial charge on any atom is -0.489 e. The van der Waals surface area contributed by atoms with E-state index in [9.17, 15) is 32.3 Å². The van der Waals surface area contributed by atoms with Crippen LogP contribution >= 0.6 is 0 Å². The number of aryl methyl sites for hydroxylation is 1. The SMILES string of the molecule is CC(C)Oc1cc2nn(C3CCC(CN(C)C4CCN(c5cccc6c5n(C)c(=O)n6C5CCC(=O)NC5=O)CC4)CC3)cc2cc1NC(=O)c1cccc(C(F)(F)F)n1. The highest BCUT2D eigenvalue weighted by Gasteiger charge is 2.35. The number of carbonyl (C=O) groups excluding carboxylic acids is 3. The first-order valence-electron chi connectivity index (χ1n) is 20.7. The van der Waals surface area contributed by atoms with E-state index in [1.807, 2.05) is 42.9 Å². The molecule has 1 aliphatic carbocycles. The summed E-state index contributed by atoms with van der Waals surface area (Å²) in [5, 5.41) is 10.8. The van der Waals surface area contributed by atoms with Gasteiger partial charge in [0.1, 0.15) is 23.2 Å². The topological polar surface area (TPSA) is 149 Å². The van der Waals surface area contributed by atoms with Crippen molar-refractivity contribution in [3.05, 3.63) is 76.6 Å². The molecule has 0 radical (unpaired) electrons. The summed E-state index contributed by atoms with van der Waals surface area (Å²) < 4.78 is 51.0. The monoisotopic (exact) mass is 829 g/mol. The van der Waals surface area contributed by atoms with E-state index in [1.165, 1.54) is 10.6 Å². The second-order valence-corrected chi connectivity index (χ2v) is 16.7. The second kappa shape index (κ2) is 16.4. The number of para-hydroxylation sites is 1. The van der Waals surface area contributed by atoms with Gasteiger partial charge in [-0.2, -0.15) is 18.3 Å². The maximum Gasteiger partial charge on any atom is 0.433 e. The molecular weight excluding hydrogens is 780 g/mol. The van der Waals surface area contributed by atoms with Crippen molar-refractivity contribution in [2.45, 2.75) is 95.6 Å². The summed E-state index contributed by atoms with van der Waals surface area (Å²) >= 11 is 0. The van der Waals surface area contributed by atoms with Crippen LogP contribution in [0.2, 0.25) is 0 Å². The third-order valence-corrected chi connectivity index (χ3v) is 12.3. The molecule has 5 aromatic rings. The smallest absolute Gasteiger partial charge is 0.433 e. The predicted octanol–water partition coefficient (Wildman–Crippen LogP) is 6.45. The fourth-order valence-corrected chi connectivity index (χ4v) is 9.21. The number of aromatic nitrogens is 5. The second-order valence-electron chi connectivity index (χ2n) is 16.7. The molecular formula is C43H50F3N9O5. The summed E-state index contributed by atoms with van der Waals surface area (Å²) in [6.45, 7) is 6.37. The first kappa shape index (κ1) is 41.0. The minimum atomic E-state index is -4.68. The fraction of sp³-hybridized carbons (Fsp3) is 0.488. The van der Waals surface area contributed by atoms with Crippen molar-refractivity contribution in [3.8, 4) is 5.75 Å². The summed E-state index contributed by atoms with van der Waals surface area (Å²) in [6, 6.07) is 12.5. The van der Waals surface area contributed by atoms with Gasteiger partial charge >= 0.3 is 11.9 Å². The van der Waals surface area contributed by atoms with Crippen molar-refractivity contribution in [2.75, 3.05) is 36.9 Å². The van der Waals surface area contributed by atoms with Gasteiger partial charge in [0.25, 0.3) is 5.91 Å². The quantitative estimate of drug-likeness (QED) is 0.152. The number of pyridine rings is 1. The van der Waals surface area contributed by atoms with Crippen LogP contribution in [0.25, 0.3) is 21.9 Å². The highest BCUT2D eigenvalue weighted by Crippen LogP contribution is 2.37. The van der Waals surface area contributed by atoms with Gasteiger partial charge in [-0.05, 0) is 102 Å². The molecule has 3 fully saturated rings. The number of piperidine rings is 2. The van der Waals surface area contributed by atoms with Gasteiger partial charge < -0.3 is 19.9 Å². The molecule has 5 heterocycles. The number of hydrogen-bond donors (Lipinski definition) is 2. The molecule has 2 N–H and O–H groups in total. The van der Waals surface area contributed by atoms with Crippen LogP contribution in [0.1, 0.15) is 93.5 Å². The van der Waals surface area contributed by atoms with Gasteiger partial charge in [-0.1, -0.05) is 12.1 Å². The maximum absolute atomic E-state index is 13.5. The number of nitrogens with one attached hydrogen (secondary N) is 2. The van der Waals surface area contributed by atoms with Crippen LogP contribution in [0, 0.1) is 5.92 Å². The van der Waals surface area contributed by atoms with Crippen molar-refractivity contribution in [3.63, 3.8) is 0 Å². The number of fused-ring (bicyclic) bond motifs is 2. The average molecular weight is 830 g/mol. The molecule has 2 aromatic carbocycles. The zero-order chi connectivity index (χ0) is 42.5. The predicted molar refractivity (Wildman–Crippen MR) is 220 cm³/mol. The fourth-order valence-electron chi connectivity index (χ4n) is 9.21. The van der Waals surface area contributed by atoms with Gasteiger partial charge in [-0.25, -0.2) is 9.78 Å². The molecule has 0 spiro atoms. The van der Waals surface area contributed by atoms with Gasteiger partial charge in [-0.15, -0.1) is 0 Å². The molecule has 3 amide bonds. The third-order valence-electron chi connectivity index (χ3n) is 12.3. The average Bonchev–Trinajstić information content (AvgIpc) is 3.74. The molecule has 1 atom stereocenters. The number of carbonyl (C=O) groups is 3. The zero-order valence-corrected chi connectivity index (χ0v) is 34.2. The van der Waals surface area contributed by atoms with Gasteiger partial charge in [-0.3, -0.25) is 33.5 Å². The lowest BCUT2D eigenvalue weighted by atomic mass is 9.85. The molecule has 1 saturated carbocycles. The van der Waals surface area contributed by atoms with E-state index in [0.29, 0.717) is 40.9 Å². The number of halogens is 3. The van der Waals surface area contributed by atoms with Gasteiger partial charge in [0.05, 0.1) is 40.1 Å². The van der Waals surface area contributed by atoms with E-state index < -0.39 is 29.7 Å². The number of benzene rings is 2. The highest BCUT2D eigenvalue weighted by molar-refractivity contribution is 6.05. The molecule has 2 aliphatic heterocycles. The Morgan fingerprint density at radius 2 is 1.73 bits per heavy atom. The molecule has 60 heavy (non-hydrogen) atoms. The van der Waals surface area contributed by atoms with Gasteiger partial charge in [0.2, 0.25) is 11.8 Å². The number of anilines is 2. The Morgan fingerprint density at radius 1 is 1.00 bits per heavy atom. The van der Waals surface area contributed by atoms with Crippen molar-refractivity contribution in [1.82, 2.24) is 34.1 Å². The molecule has 3 aliphatic rings. The van der Waals surface area contributed by atoms with Crippen molar-refractivity contribution in [2.24, 2.45) is 13.0 Å². The maximum atomic E-state index is 13.5. The number of alkyl halides is 3. The first-order chi connectivity index (χ1) is 28.6. The number of ether oxygens (including phenoxy) is 1. The van der Waals surface area contributed by atoms with Gasteiger partial charge in [0.15, 0.2) is 0 Å². The molecule has 318 valence electrons. The summed E-state index contributed by atoms with van der Waals surface area (Å²) in [5.74, 6) is -0.621. The number of rotatable bonds is 10. The Kier molecular flexibility index (Phi) is 11.2. The van der Waals surface area contributed by atoms with Crippen LogP contribution < -0.4 is 26.0 Å². The summed E-state index contributed by atoms with van der Waals surface area (Å²) in [4.78, 5) is 59.4. The van der Waals surface area contributed by atoms with Gasteiger partial charge in [0, 0.05) is 56.8 Å². The van der Waals surface area contributed by atoms with E-state index in [1.54, 1.807) is 23.7 Å². The van der Waals surface area contributed by atoms with Crippen LogP contribution in [-0.4, -0.2) is 85.3 Å². The van der Waals surface area contributed by atoms with E-state index in [4.69, 9.17) is 9.84 Å². The third kappa shape index (κ3) is 8.23. The first-order valence-corrected chi connectivity index (χ1v) is 20.7. The largest absolute Gasteiger partial charge is 0.489 e. The number of imidazole rings is 1. The molecule has 17 heteroatoms. The lowest BCUT2D eigenvalue weighted by Gasteiger charge is -2.40. The minimum absolute atomic E-state index is 0.197. The molecule has 1 unspecified atom stereocenters. The standard InChI is InChI=1S/C43H50F3N9O5/c1-25(2)60-36-22-31-27(21-32(36)48-40(57)30-7-5-10-37(47-30)43(44,45)46)24-54(50-31)29-13-11-26(12-14-29)23-51(3)28-17-19-53(20-18-28)33-8-6-9-34-39(33)52(4)42(59)55(34)35-15-16-38(56)49-41(35)58/h5-10,21-22,24-26,28-29,35H,11-20,23H2,1-4H3,(H,48,57)(H,49,56,58). The van der Waals surface area contributed by atoms with Crippen LogP contribution in [0.15, 0.2) is 59.5 Å². The number of amides is 3.